The van der Waals surface area contributed by atoms with Gasteiger partial charge < -0.3 is 89.9 Å². The van der Waals surface area contributed by atoms with Crippen molar-refractivity contribution in [3.63, 3.8) is 0 Å². The molecule has 99 heavy (non-hydrogen) atoms. The lowest BCUT2D eigenvalue weighted by molar-refractivity contribution is -0.379. The highest BCUT2D eigenvalue weighted by Crippen LogP contribution is 2.33. The van der Waals surface area contributed by atoms with Gasteiger partial charge in [-0.1, -0.05) is 264 Å². The van der Waals surface area contributed by atoms with Crippen LogP contribution in [0.4, 0.5) is 0 Å². The highest BCUT2D eigenvalue weighted by Gasteiger charge is 2.53. The number of amides is 1. The van der Waals surface area contributed by atoms with Gasteiger partial charge in [0.1, 0.15) is 73.2 Å². The third-order valence-electron chi connectivity index (χ3n) is 18.2. The van der Waals surface area contributed by atoms with Crippen molar-refractivity contribution >= 4 is 5.91 Å². The Labute approximate surface area is 595 Å². The first kappa shape index (κ1) is 89.4. The lowest BCUT2D eigenvalue weighted by atomic mass is 9.96. The molecule has 568 valence electrons. The summed E-state index contributed by atoms with van der Waals surface area (Å²) >= 11 is 0. The number of ether oxygens (including phenoxy) is 6. The van der Waals surface area contributed by atoms with Crippen LogP contribution in [0, 0.1) is 0 Å². The van der Waals surface area contributed by atoms with Gasteiger partial charge in [-0.15, -0.1) is 0 Å². The van der Waals surface area contributed by atoms with Gasteiger partial charge in [0, 0.05) is 6.42 Å². The van der Waals surface area contributed by atoms with Gasteiger partial charge in [0.05, 0.1) is 38.6 Å². The Bertz CT molecular complexity index is 2260. The SMILES string of the molecule is CC/C=C\C/C=C\C/C=C\C/C=C\C/C=C\C/C=C\C/C=C\C/C=C\CCCCCCCCCCCCCCCCCCC(=O)NC(COC1OC(CO)C(OC2OC(CO)C(OC3OC(CO)C(O)C(O)C3O)C(O)C2O)C(O)C1O)C(O)/C=C/CC/C=C/CCCCCCCCC. The molecule has 19 nitrogen and oxygen atoms in total. The molecule has 19 heteroatoms. The number of carbonyl (C=O) groups excluding carboxylic acids is 1. The number of carbonyl (C=O) groups is 1. The molecule has 0 aromatic rings. The summed E-state index contributed by atoms with van der Waals surface area (Å²) in [6.45, 7) is 1.57. The zero-order valence-electron chi connectivity index (χ0n) is 60.4. The van der Waals surface area contributed by atoms with Crippen molar-refractivity contribution in [2.75, 3.05) is 26.4 Å². The van der Waals surface area contributed by atoms with Crippen molar-refractivity contribution in [1.82, 2.24) is 5.32 Å². The summed E-state index contributed by atoms with van der Waals surface area (Å²) < 4.78 is 34.3. The molecule has 3 rings (SSSR count). The zero-order valence-corrected chi connectivity index (χ0v) is 60.4. The van der Waals surface area contributed by atoms with E-state index in [2.05, 4.69) is 129 Å². The summed E-state index contributed by atoms with van der Waals surface area (Å²) in [5, 5.41) is 120. The summed E-state index contributed by atoms with van der Waals surface area (Å²) in [5.41, 5.74) is 0. The summed E-state index contributed by atoms with van der Waals surface area (Å²) in [4.78, 5) is 13.4. The fraction of sp³-hybridized carbons (Fsp3) is 0.738. The minimum atomic E-state index is -1.98. The van der Waals surface area contributed by atoms with Gasteiger partial charge in [0.2, 0.25) is 5.91 Å². The number of allylic oxidation sites excluding steroid dienone is 19. The number of hydrogen-bond acceptors (Lipinski definition) is 18. The van der Waals surface area contributed by atoms with Crippen LogP contribution in [0.1, 0.15) is 245 Å². The Kier molecular flexibility index (Phi) is 53.8. The van der Waals surface area contributed by atoms with Crippen LogP contribution in [-0.2, 0) is 33.2 Å². The van der Waals surface area contributed by atoms with Crippen LogP contribution >= 0.6 is 0 Å². The van der Waals surface area contributed by atoms with Gasteiger partial charge in [0.25, 0.3) is 0 Å². The molecular weight excluding hydrogens is 1260 g/mol. The number of unbranched alkanes of at least 4 members (excludes halogenated alkanes) is 24. The quantitative estimate of drug-likeness (QED) is 0.0199. The summed E-state index contributed by atoms with van der Waals surface area (Å²) in [6, 6.07) is -0.995. The molecule has 3 saturated heterocycles. The standard InChI is InChI=1S/C80H135NO18/c1-3-5-7-9-11-13-15-17-18-19-20-21-22-23-24-25-26-27-28-29-30-31-32-33-34-35-36-37-38-39-40-41-42-43-44-46-48-50-52-54-56-58-68(86)81-63(64(85)57-55-53-51-49-47-45-16-14-12-10-8-6-4-2)62-94-78-74(92)71(89)76(66(60-83)96-78)99-80-75(93)72(90)77(67(61-84)97-80)98-79-73(91)70(88)69(87)65(59-82)95-79/h5,7,11,13,17-18,20-21,23-24,26-27,29-30,32-33,47,49,55,57,63-67,69-80,82-85,87-93H,3-4,6,8-10,12,14-16,19,22,25,28,31,34-46,48,50-54,56,58-62H2,1-2H3,(H,81,86)/b7-5-,13-11-,18-17-,21-20-,24-23-,27-26-,30-29-,33-32-,49-47+,57-55+. The molecule has 17 unspecified atom stereocenters. The predicted molar refractivity (Wildman–Crippen MR) is 392 cm³/mol. The zero-order chi connectivity index (χ0) is 71.8. The van der Waals surface area contributed by atoms with E-state index in [1.54, 1.807) is 6.08 Å². The second-order valence-electron chi connectivity index (χ2n) is 26.7. The summed E-state index contributed by atoms with van der Waals surface area (Å²) in [5.74, 6) is -0.289. The monoisotopic (exact) mass is 1400 g/mol. The van der Waals surface area contributed by atoms with Crippen LogP contribution in [0.2, 0.25) is 0 Å². The third-order valence-corrected chi connectivity index (χ3v) is 18.2. The van der Waals surface area contributed by atoms with Crippen molar-refractivity contribution in [3.8, 4) is 0 Å². The Morgan fingerprint density at radius 3 is 1.13 bits per heavy atom. The first-order chi connectivity index (χ1) is 48.3. The van der Waals surface area contributed by atoms with Gasteiger partial charge in [-0.05, 0) is 96.3 Å². The maximum atomic E-state index is 13.4. The smallest absolute Gasteiger partial charge is 0.220 e. The molecule has 0 saturated carbocycles. The van der Waals surface area contributed by atoms with Crippen LogP contribution < -0.4 is 5.32 Å². The molecule has 0 aliphatic carbocycles. The molecule has 0 radical (unpaired) electrons. The molecule has 1 amide bonds. The van der Waals surface area contributed by atoms with E-state index in [1.807, 2.05) is 6.08 Å². The van der Waals surface area contributed by atoms with Crippen LogP contribution in [0.5, 0.6) is 0 Å². The van der Waals surface area contributed by atoms with E-state index in [4.69, 9.17) is 28.4 Å². The average molecular weight is 1400 g/mol. The number of nitrogens with one attached hydrogen (secondary N) is 1. The summed E-state index contributed by atoms with van der Waals surface area (Å²) in [7, 11) is 0. The minimum Gasteiger partial charge on any atom is -0.394 e. The fourth-order valence-electron chi connectivity index (χ4n) is 12.1. The van der Waals surface area contributed by atoms with Gasteiger partial charge in [-0.25, -0.2) is 0 Å². The Morgan fingerprint density at radius 2 is 0.707 bits per heavy atom. The highest BCUT2D eigenvalue weighted by molar-refractivity contribution is 5.76. The molecule has 0 aromatic carbocycles. The Morgan fingerprint density at radius 1 is 0.374 bits per heavy atom. The van der Waals surface area contributed by atoms with Crippen LogP contribution in [-0.4, -0.2) is 193 Å². The fourth-order valence-corrected chi connectivity index (χ4v) is 12.1. The van der Waals surface area contributed by atoms with Gasteiger partial charge in [-0.3, -0.25) is 4.79 Å². The largest absolute Gasteiger partial charge is 0.394 e. The van der Waals surface area contributed by atoms with E-state index in [0.29, 0.717) is 12.8 Å². The lowest BCUT2D eigenvalue weighted by Crippen LogP contribution is -2.66. The van der Waals surface area contributed by atoms with Gasteiger partial charge in [-0.2, -0.15) is 0 Å². The summed E-state index contributed by atoms with van der Waals surface area (Å²) in [6.07, 6.45) is 56.3. The van der Waals surface area contributed by atoms with Crippen molar-refractivity contribution < 1.29 is 89.4 Å². The second kappa shape index (κ2) is 59.6. The molecule has 3 aliphatic heterocycles. The third kappa shape index (κ3) is 40.2. The van der Waals surface area contributed by atoms with Gasteiger partial charge in [0.15, 0.2) is 18.9 Å². The van der Waals surface area contributed by atoms with Gasteiger partial charge >= 0.3 is 0 Å². The number of rotatable bonds is 58. The molecular formula is C80H135NO18. The van der Waals surface area contributed by atoms with E-state index in [0.717, 1.165) is 89.9 Å². The molecule has 12 N–H and O–H groups in total. The normalized spacial score (nSPS) is 27.3. The number of aliphatic hydroxyl groups is 11. The molecule has 3 fully saturated rings. The number of aliphatic hydroxyl groups excluding tert-OH is 11. The maximum absolute atomic E-state index is 13.4. The van der Waals surface area contributed by atoms with Crippen molar-refractivity contribution in [2.45, 2.75) is 349 Å². The first-order valence-electron chi connectivity index (χ1n) is 38.3. The second-order valence-corrected chi connectivity index (χ2v) is 26.7. The van der Waals surface area contributed by atoms with E-state index >= 15 is 0 Å². The van der Waals surface area contributed by atoms with Crippen LogP contribution in [0.3, 0.4) is 0 Å². The highest BCUT2D eigenvalue weighted by atomic mass is 16.8. The van der Waals surface area contributed by atoms with E-state index < -0.39 is 124 Å². The Hall–Kier alpha value is -3.81. The van der Waals surface area contributed by atoms with E-state index in [1.165, 1.54) is 122 Å². The molecule has 3 aliphatic rings. The lowest BCUT2D eigenvalue weighted by Gasteiger charge is -2.48. The molecule has 3 heterocycles. The van der Waals surface area contributed by atoms with E-state index in [-0.39, 0.29) is 18.9 Å². The van der Waals surface area contributed by atoms with Crippen LogP contribution in [0.15, 0.2) is 122 Å². The average Bonchev–Trinajstić information content (AvgIpc) is 0.785. The Balaban J connectivity index is 1.30. The van der Waals surface area contributed by atoms with E-state index in [9.17, 15) is 61.0 Å². The number of hydrogen-bond donors (Lipinski definition) is 12. The molecule has 0 bridgehead atoms. The molecule has 17 atom stereocenters. The maximum Gasteiger partial charge on any atom is 0.220 e. The van der Waals surface area contributed by atoms with Crippen molar-refractivity contribution in [1.29, 1.82) is 0 Å². The topological polar surface area (TPSA) is 307 Å². The molecule has 0 aromatic heterocycles. The van der Waals surface area contributed by atoms with Crippen molar-refractivity contribution in [2.24, 2.45) is 0 Å². The van der Waals surface area contributed by atoms with Crippen LogP contribution in [0.25, 0.3) is 0 Å². The van der Waals surface area contributed by atoms with Crippen molar-refractivity contribution in [3.05, 3.63) is 122 Å². The first-order valence-corrected chi connectivity index (χ1v) is 38.3. The minimum absolute atomic E-state index is 0.230. The molecule has 0 spiro atoms. The predicted octanol–water partition coefficient (Wildman–Crippen LogP) is 11.9.